The molecule has 116 valence electrons. The number of carboxylic acids is 1. The highest BCUT2D eigenvalue weighted by atomic mass is 16.5. The summed E-state index contributed by atoms with van der Waals surface area (Å²) in [5, 5.41) is 11.8. The molecule has 6 nitrogen and oxygen atoms in total. The van der Waals surface area contributed by atoms with E-state index in [4.69, 9.17) is 9.84 Å². The number of carbonyl (C=O) groups is 2. The van der Waals surface area contributed by atoms with E-state index in [2.05, 4.69) is 12.2 Å². The number of carboxylic acid groups (broad SMARTS) is 1. The second-order valence-corrected chi connectivity index (χ2v) is 4.58. The highest BCUT2D eigenvalue weighted by Crippen LogP contribution is 2.18. The number of ether oxygens (including phenoxy) is 1. The lowest BCUT2D eigenvalue weighted by molar-refractivity contribution is 0.0697. The third-order valence-corrected chi connectivity index (χ3v) is 2.97. The topological polar surface area (TPSA) is 78.9 Å². The Hall–Kier alpha value is -2.08. The van der Waals surface area contributed by atoms with Crippen LogP contribution in [0.25, 0.3) is 0 Å². The molecule has 0 saturated heterocycles. The van der Waals surface area contributed by atoms with Crippen molar-refractivity contribution in [2.75, 3.05) is 31.7 Å². The Morgan fingerprint density at radius 1 is 1.29 bits per heavy atom. The number of benzene rings is 1. The number of unbranched alkanes of at least 4 members (excludes halogenated alkanes) is 1. The van der Waals surface area contributed by atoms with Crippen molar-refractivity contribution in [1.29, 1.82) is 0 Å². The van der Waals surface area contributed by atoms with Gasteiger partial charge in [-0.3, -0.25) is 4.90 Å². The normalized spacial score (nSPS) is 10.2. The van der Waals surface area contributed by atoms with Crippen LogP contribution in [-0.2, 0) is 4.74 Å². The van der Waals surface area contributed by atoms with E-state index in [1.54, 1.807) is 18.2 Å². The minimum absolute atomic E-state index is 0.0920. The van der Waals surface area contributed by atoms with Gasteiger partial charge in [-0.25, -0.2) is 9.59 Å². The molecule has 1 aromatic rings. The first-order valence-corrected chi connectivity index (χ1v) is 6.99. The number of anilines is 1. The number of carbonyl (C=O) groups excluding carboxylic acids is 1. The number of hydrogen-bond donors (Lipinski definition) is 2. The molecule has 1 rings (SSSR count). The first-order valence-electron chi connectivity index (χ1n) is 6.99. The van der Waals surface area contributed by atoms with Gasteiger partial charge < -0.3 is 15.2 Å². The minimum atomic E-state index is -1.06. The van der Waals surface area contributed by atoms with Gasteiger partial charge in [-0.2, -0.15) is 0 Å². The predicted molar refractivity (Wildman–Crippen MR) is 80.9 cm³/mol. The molecule has 2 N–H and O–H groups in total. The van der Waals surface area contributed by atoms with Crippen molar-refractivity contribution < 1.29 is 19.4 Å². The van der Waals surface area contributed by atoms with Gasteiger partial charge in [0, 0.05) is 20.2 Å². The molecule has 0 aliphatic rings. The average Bonchev–Trinajstić information content (AvgIpc) is 2.49. The van der Waals surface area contributed by atoms with Crippen molar-refractivity contribution in [3.63, 3.8) is 0 Å². The number of hydrogen-bond acceptors (Lipinski definition) is 3. The summed E-state index contributed by atoms with van der Waals surface area (Å²) in [5.74, 6) is -1.06. The zero-order chi connectivity index (χ0) is 15.7. The van der Waals surface area contributed by atoms with E-state index in [1.165, 1.54) is 18.0 Å². The fraction of sp³-hybridized carbons (Fsp3) is 0.467. The first-order chi connectivity index (χ1) is 10.1. The molecular weight excluding hydrogens is 272 g/mol. The molecule has 0 heterocycles. The molecular formula is C15H22N2O4. The van der Waals surface area contributed by atoms with E-state index >= 15 is 0 Å². The van der Waals surface area contributed by atoms with E-state index in [0.717, 1.165) is 12.8 Å². The zero-order valence-corrected chi connectivity index (χ0v) is 12.5. The summed E-state index contributed by atoms with van der Waals surface area (Å²) in [4.78, 5) is 24.4. The van der Waals surface area contributed by atoms with Crippen molar-refractivity contribution in [3.05, 3.63) is 29.8 Å². The fourth-order valence-corrected chi connectivity index (χ4v) is 1.75. The maximum absolute atomic E-state index is 12.0. The van der Waals surface area contributed by atoms with E-state index in [-0.39, 0.29) is 11.6 Å². The molecule has 0 radical (unpaired) electrons. The number of amides is 2. The van der Waals surface area contributed by atoms with Crippen molar-refractivity contribution in [3.8, 4) is 0 Å². The Bertz CT molecular complexity index is 476. The number of nitrogens with zero attached hydrogens (tertiary/aromatic N) is 1. The quantitative estimate of drug-likeness (QED) is 0.721. The maximum Gasteiger partial charge on any atom is 0.337 e. The van der Waals surface area contributed by atoms with Crippen molar-refractivity contribution in [1.82, 2.24) is 5.32 Å². The van der Waals surface area contributed by atoms with Gasteiger partial charge >= 0.3 is 12.0 Å². The van der Waals surface area contributed by atoms with Crippen LogP contribution in [-0.4, -0.2) is 43.9 Å². The molecule has 6 heteroatoms. The van der Waals surface area contributed by atoms with Gasteiger partial charge in [0.25, 0.3) is 0 Å². The predicted octanol–water partition coefficient (Wildman–Crippen LogP) is 2.35. The van der Waals surface area contributed by atoms with Crippen LogP contribution in [0.2, 0.25) is 0 Å². The van der Waals surface area contributed by atoms with Gasteiger partial charge in [-0.05, 0) is 18.6 Å². The summed E-state index contributed by atoms with van der Waals surface area (Å²) < 4.78 is 5.34. The van der Waals surface area contributed by atoms with E-state index in [1.807, 2.05) is 0 Å². The molecule has 0 spiro atoms. The second kappa shape index (κ2) is 8.97. The number of rotatable bonds is 8. The van der Waals surface area contributed by atoms with Crippen molar-refractivity contribution in [2.45, 2.75) is 19.8 Å². The summed E-state index contributed by atoms with van der Waals surface area (Å²) in [5.41, 5.74) is 0.448. The Morgan fingerprint density at radius 2 is 2.00 bits per heavy atom. The lowest BCUT2D eigenvalue weighted by atomic mass is 10.1. The van der Waals surface area contributed by atoms with Gasteiger partial charge in [0.2, 0.25) is 0 Å². The molecule has 2 amide bonds. The second-order valence-electron chi connectivity index (χ2n) is 4.58. The largest absolute Gasteiger partial charge is 0.478 e. The van der Waals surface area contributed by atoms with Gasteiger partial charge in [-0.15, -0.1) is 0 Å². The van der Waals surface area contributed by atoms with Crippen LogP contribution in [0, 0.1) is 0 Å². The molecule has 0 saturated carbocycles. The highest BCUT2D eigenvalue weighted by Gasteiger charge is 2.17. The van der Waals surface area contributed by atoms with Gasteiger partial charge in [0.05, 0.1) is 17.9 Å². The smallest absolute Gasteiger partial charge is 0.337 e. The summed E-state index contributed by atoms with van der Waals surface area (Å²) in [6, 6.07) is 6.03. The molecule has 0 aromatic heterocycles. The zero-order valence-electron chi connectivity index (χ0n) is 12.5. The van der Waals surface area contributed by atoms with Gasteiger partial charge in [0.1, 0.15) is 0 Å². The van der Waals surface area contributed by atoms with Crippen LogP contribution < -0.4 is 10.2 Å². The molecule has 0 unspecified atom stereocenters. The average molecular weight is 294 g/mol. The lowest BCUT2D eigenvalue weighted by Gasteiger charge is -2.19. The molecule has 21 heavy (non-hydrogen) atoms. The number of aromatic carboxylic acids is 1. The van der Waals surface area contributed by atoms with Crippen LogP contribution in [0.3, 0.4) is 0 Å². The summed E-state index contributed by atoms with van der Waals surface area (Å²) in [6.45, 7) is 3.60. The Balaban J connectivity index is 2.49. The fourth-order valence-electron chi connectivity index (χ4n) is 1.75. The van der Waals surface area contributed by atoms with Crippen LogP contribution in [0.1, 0.15) is 30.1 Å². The number of nitrogens with one attached hydrogen (secondary N) is 1. The summed E-state index contributed by atoms with van der Waals surface area (Å²) in [6.07, 6.45) is 2.07. The Labute approximate surface area is 124 Å². The van der Waals surface area contributed by atoms with Crippen LogP contribution in [0.4, 0.5) is 10.5 Å². The van der Waals surface area contributed by atoms with E-state index in [0.29, 0.717) is 25.4 Å². The van der Waals surface area contributed by atoms with E-state index in [9.17, 15) is 9.59 Å². The van der Waals surface area contributed by atoms with Crippen molar-refractivity contribution in [2.24, 2.45) is 0 Å². The Morgan fingerprint density at radius 3 is 2.67 bits per heavy atom. The van der Waals surface area contributed by atoms with E-state index < -0.39 is 5.97 Å². The third-order valence-electron chi connectivity index (χ3n) is 2.97. The van der Waals surface area contributed by atoms with Crippen LogP contribution >= 0.6 is 0 Å². The third kappa shape index (κ3) is 5.43. The van der Waals surface area contributed by atoms with Gasteiger partial charge in [-0.1, -0.05) is 25.5 Å². The summed E-state index contributed by atoms with van der Waals surface area (Å²) in [7, 11) is 1.54. The highest BCUT2D eigenvalue weighted by molar-refractivity contribution is 6.01. The Kier molecular flexibility index (Phi) is 7.25. The van der Waals surface area contributed by atoms with Crippen LogP contribution in [0.15, 0.2) is 24.3 Å². The monoisotopic (exact) mass is 294 g/mol. The van der Waals surface area contributed by atoms with Gasteiger partial charge in [0.15, 0.2) is 0 Å². The minimum Gasteiger partial charge on any atom is -0.478 e. The maximum atomic E-state index is 12.0. The molecule has 0 fully saturated rings. The lowest BCUT2D eigenvalue weighted by Crippen LogP contribution is -2.39. The molecule has 1 aromatic carbocycles. The molecule has 0 aliphatic carbocycles. The molecule has 0 aliphatic heterocycles. The number of urea groups is 1. The standard InChI is InChI=1S/C15H22N2O4/c1-3-4-10-21-11-9-16-15(20)17(2)13-8-6-5-7-12(13)14(18)19/h5-8H,3-4,9-11H2,1-2H3,(H,16,20)(H,18,19). The van der Waals surface area contributed by atoms with Crippen LogP contribution in [0.5, 0.6) is 0 Å². The molecule has 0 bridgehead atoms. The number of para-hydroxylation sites is 1. The van der Waals surface area contributed by atoms with Crippen molar-refractivity contribution >= 4 is 17.7 Å². The summed E-state index contributed by atoms with van der Waals surface area (Å²) >= 11 is 0. The SMILES string of the molecule is CCCCOCCNC(=O)N(C)c1ccccc1C(=O)O. The molecule has 0 atom stereocenters. The first kappa shape index (κ1) is 17.0.